The number of ether oxygens (including phenoxy) is 1. The summed E-state index contributed by atoms with van der Waals surface area (Å²) >= 11 is 9.79. The van der Waals surface area contributed by atoms with Crippen LogP contribution in [0.5, 0.6) is 0 Å². The van der Waals surface area contributed by atoms with Crippen molar-refractivity contribution in [1.29, 1.82) is 0 Å². The van der Waals surface area contributed by atoms with Crippen LogP contribution in [0.25, 0.3) is 0 Å². The Labute approximate surface area is 165 Å². The van der Waals surface area contributed by atoms with Gasteiger partial charge in [-0.05, 0) is 48.7 Å². The zero-order valence-corrected chi connectivity index (χ0v) is 17.1. The molecule has 2 aromatic heterocycles. The zero-order valence-electron chi connectivity index (χ0n) is 14.8. The standard InChI is InChI=1S/C18H20BrClN4O2/c1-9-16(19)15(10(2)26-3)14(8-21-9)24-18(25)23-12-6-13(20)17(22-7-12)11-4-5-11/h6-8,10-11H,4-5H2,1-3H3,(H2,23,24,25)/t10-/m1/s1. The van der Waals surface area contributed by atoms with E-state index < -0.39 is 6.03 Å². The Hall–Kier alpha value is -1.70. The molecule has 0 aromatic carbocycles. The Bertz CT molecular complexity index is 842. The third kappa shape index (κ3) is 4.16. The summed E-state index contributed by atoms with van der Waals surface area (Å²) in [7, 11) is 1.62. The number of hydrogen-bond donors (Lipinski definition) is 2. The Kier molecular flexibility index (Phi) is 5.79. The van der Waals surface area contributed by atoms with Gasteiger partial charge in [0.05, 0.1) is 46.3 Å². The minimum Gasteiger partial charge on any atom is -0.377 e. The second-order valence-corrected chi connectivity index (χ2v) is 7.51. The highest BCUT2D eigenvalue weighted by atomic mass is 79.9. The van der Waals surface area contributed by atoms with Crippen LogP contribution in [-0.4, -0.2) is 23.1 Å². The highest BCUT2D eigenvalue weighted by Crippen LogP contribution is 2.42. The maximum absolute atomic E-state index is 12.4. The van der Waals surface area contributed by atoms with Gasteiger partial charge in [0.25, 0.3) is 0 Å². The Morgan fingerprint density at radius 3 is 2.69 bits per heavy atom. The predicted octanol–water partition coefficient (Wildman–Crippen LogP) is 5.43. The summed E-state index contributed by atoms with van der Waals surface area (Å²) in [6, 6.07) is 1.33. The van der Waals surface area contributed by atoms with Crippen molar-refractivity contribution in [2.24, 2.45) is 0 Å². The highest BCUT2D eigenvalue weighted by Gasteiger charge is 2.27. The number of halogens is 2. The Morgan fingerprint density at radius 1 is 1.35 bits per heavy atom. The molecule has 26 heavy (non-hydrogen) atoms. The molecule has 1 aliphatic carbocycles. The van der Waals surface area contributed by atoms with Gasteiger partial charge in [0.2, 0.25) is 0 Å². The van der Waals surface area contributed by atoms with Crippen molar-refractivity contribution in [2.45, 2.75) is 38.7 Å². The van der Waals surface area contributed by atoms with E-state index in [-0.39, 0.29) is 6.10 Å². The molecule has 2 amide bonds. The summed E-state index contributed by atoms with van der Waals surface area (Å²) in [5.74, 6) is 0.458. The van der Waals surface area contributed by atoms with Crippen LogP contribution < -0.4 is 10.6 Å². The van der Waals surface area contributed by atoms with Gasteiger partial charge >= 0.3 is 6.03 Å². The van der Waals surface area contributed by atoms with Crippen LogP contribution in [0.15, 0.2) is 22.9 Å². The van der Waals surface area contributed by atoms with Gasteiger partial charge in [-0.1, -0.05) is 11.6 Å². The number of aromatic nitrogens is 2. The van der Waals surface area contributed by atoms with Gasteiger partial charge in [0.1, 0.15) is 0 Å². The lowest BCUT2D eigenvalue weighted by atomic mass is 10.1. The maximum Gasteiger partial charge on any atom is 0.323 e. The lowest BCUT2D eigenvalue weighted by Gasteiger charge is -2.18. The fraction of sp³-hybridized carbons (Fsp3) is 0.389. The first kappa shape index (κ1) is 19.1. The topological polar surface area (TPSA) is 76.1 Å². The number of hydrogen-bond acceptors (Lipinski definition) is 4. The van der Waals surface area contributed by atoms with E-state index in [2.05, 4.69) is 36.5 Å². The molecule has 0 bridgehead atoms. The predicted molar refractivity (Wildman–Crippen MR) is 106 cm³/mol. The minimum absolute atomic E-state index is 0.213. The van der Waals surface area contributed by atoms with Crippen LogP contribution in [-0.2, 0) is 4.74 Å². The van der Waals surface area contributed by atoms with Crippen LogP contribution in [0.4, 0.5) is 16.2 Å². The lowest BCUT2D eigenvalue weighted by molar-refractivity contribution is 0.119. The molecular formula is C18H20BrClN4O2. The molecule has 8 heteroatoms. The molecule has 2 heterocycles. The van der Waals surface area contributed by atoms with Crippen molar-refractivity contribution in [2.75, 3.05) is 17.7 Å². The van der Waals surface area contributed by atoms with E-state index in [0.29, 0.717) is 22.3 Å². The van der Waals surface area contributed by atoms with Crippen molar-refractivity contribution in [1.82, 2.24) is 9.97 Å². The summed E-state index contributed by atoms with van der Waals surface area (Å²) < 4.78 is 6.22. The van der Waals surface area contributed by atoms with Gasteiger partial charge in [-0.3, -0.25) is 9.97 Å². The largest absolute Gasteiger partial charge is 0.377 e. The molecule has 138 valence electrons. The van der Waals surface area contributed by atoms with E-state index in [1.54, 1.807) is 25.6 Å². The van der Waals surface area contributed by atoms with Crippen molar-refractivity contribution < 1.29 is 9.53 Å². The number of amides is 2. The molecule has 0 unspecified atom stereocenters. The number of pyridine rings is 2. The van der Waals surface area contributed by atoms with Gasteiger partial charge < -0.3 is 15.4 Å². The molecule has 0 radical (unpaired) electrons. The third-order valence-electron chi connectivity index (χ3n) is 4.33. The molecule has 0 spiro atoms. The van der Waals surface area contributed by atoms with Crippen LogP contribution in [0.2, 0.25) is 5.02 Å². The first-order valence-electron chi connectivity index (χ1n) is 8.32. The van der Waals surface area contributed by atoms with Gasteiger partial charge in [-0.2, -0.15) is 0 Å². The highest BCUT2D eigenvalue weighted by molar-refractivity contribution is 9.10. The third-order valence-corrected chi connectivity index (χ3v) is 5.64. The summed E-state index contributed by atoms with van der Waals surface area (Å²) in [5.41, 5.74) is 3.66. The molecular weight excluding hydrogens is 420 g/mol. The summed E-state index contributed by atoms with van der Waals surface area (Å²) in [5, 5.41) is 6.16. The van der Waals surface area contributed by atoms with Gasteiger partial charge in [0.15, 0.2) is 0 Å². The molecule has 2 aromatic rings. The molecule has 3 rings (SSSR count). The smallest absolute Gasteiger partial charge is 0.323 e. The molecule has 1 fully saturated rings. The Morgan fingerprint density at radius 2 is 2.08 bits per heavy atom. The maximum atomic E-state index is 12.4. The van der Waals surface area contributed by atoms with E-state index in [1.807, 2.05) is 13.8 Å². The van der Waals surface area contributed by atoms with Crippen LogP contribution in [0.3, 0.4) is 0 Å². The van der Waals surface area contributed by atoms with Gasteiger partial charge in [-0.15, -0.1) is 0 Å². The number of methoxy groups -OCH3 is 1. The fourth-order valence-corrected chi connectivity index (χ4v) is 3.63. The monoisotopic (exact) mass is 438 g/mol. The first-order chi connectivity index (χ1) is 12.4. The SMILES string of the molecule is CO[C@H](C)c1c(NC(=O)Nc2cnc(C3CC3)c(Cl)c2)cnc(C)c1Br. The molecule has 0 aliphatic heterocycles. The molecule has 2 N–H and O–H groups in total. The average Bonchev–Trinajstić information content (AvgIpc) is 3.43. The lowest BCUT2D eigenvalue weighted by Crippen LogP contribution is -2.21. The molecule has 6 nitrogen and oxygen atoms in total. The number of rotatable bonds is 5. The van der Waals surface area contributed by atoms with Crippen molar-refractivity contribution in [3.63, 3.8) is 0 Å². The fourth-order valence-electron chi connectivity index (χ4n) is 2.67. The van der Waals surface area contributed by atoms with E-state index in [9.17, 15) is 4.79 Å². The van der Waals surface area contributed by atoms with E-state index in [4.69, 9.17) is 16.3 Å². The molecule has 0 saturated heterocycles. The number of carbonyl (C=O) groups excluding carboxylic acids is 1. The van der Waals surface area contributed by atoms with Crippen LogP contribution in [0.1, 0.15) is 48.7 Å². The summed E-state index contributed by atoms with van der Waals surface area (Å²) in [6.45, 7) is 3.79. The number of nitrogens with one attached hydrogen (secondary N) is 2. The second kappa shape index (κ2) is 7.90. The number of aryl methyl sites for hydroxylation is 1. The van der Waals surface area contributed by atoms with E-state index >= 15 is 0 Å². The molecule has 1 saturated carbocycles. The van der Waals surface area contributed by atoms with Crippen LogP contribution >= 0.6 is 27.5 Å². The first-order valence-corrected chi connectivity index (χ1v) is 9.49. The number of nitrogens with zero attached hydrogens (tertiary/aromatic N) is 2. The van der Waals surface area contributed by atoms with Crippen LogP contribution in [0, 0.1) is 6.92 Å². The van der Waals surface area contributed by atoms with Crippen molar-refractivity contribution in [3.8, 4) is 0 Å². The number of carbonyl (C=O) groups is 1. The Balaban J connectivity index is 1.76. The number of urea groups is 1. The molecule has 1 atom stereocenters. The second-order valence-electron chi connectivity index (χ2n) is 6.31. The van der Waals surface area contributed by atoms with E-state index in [0.717, 1.165) is 34.3 Å². The van der Waals surface area contributed by atoms with Crippen molar-refractivity contribution >= 4 is 44.9 Å². The van der Waals surface area contributed by atoms with Gasteiger partial charge in [-0.25, -0.2) is 4.79 Å². The average molecular weight is 440 g/mol. The quantitative estimate of drug-likeness (QED) is 0.651. The van der Waals surface area contributed by atoms with Gasteiger partial charge in [0, 0.05) is 23.1 Å². The number of anilines is 2. The molecule has 1 aliphatic rings. The summed E-state index contributed by atoms with van der Waals surface area (Å²) in [6.07, 6.45) is 5.27. The normalized spacial score (nSPS) is 14.8. The minimum atomic E-state index is -0.399. The summed E-state index contributed by atoms with van der Waals surface area (Å²) in [4.78, 5) is 21.1. The van der Waals surface area contributed by atoms with E-state index in [1.165, 1.54) is 0 Å². The zero-order chi connectivity index (χ0) is 18.8. The van der Waals surface area contributed by atoms with Crippen molar-refractivity contribution in [3.05, 3.63) is 44.9 Å².